The maximum atomic E-state index is 13.0. The van der Waals surface area contributed by atoms with Crippen LogP contribution < -0.4 is 5.56 Å². The van der Waals surface area contributed by atoms with E-state index >= 15 is 0 Å². The second kappa shape index (κ2) is 8.05. The van der Waals surface area contributed by atoms with E-state index in [4.69, 9.17) is 16.3 Å². The molecule has 1 saturated heterocycles. The van der Waals surface area contributed by atoms with Crippen molar-refractivity contribution in [1.82, 2.24) is 14.5 Å². The summed E-state index contributed by atoms with van der Waals surface area (Å²) in [6.07, 6.45) is 2.13. The molecule has 0 atom stereocenters. The van der Waals surface area contributed by atoms with E-state index in [9.17, 15) is 14.7 Å². The molecule has 2 aromatic carbocycles. The van der Waals surface area contributed by atoms with Gasteiger partial charge in [-0.2, -0.15) is 4.98 Å². The number of carbonyl (C=O) groups is 1. The van der Waals surface area contributed by atoms with E-state index < -0.39 is 17.1 Å². The fourth-order valence-corrected chi connectivity index (χ4v) is 6.42. The molecule has 1 amide bonds. The van der Waals surface area contributed by atoms with Crippen LogP contribution in [-0.4, -0.2) is 50.4 Å². The molecule has 7 nitrogen and oxygen atoms in total. The fourth-order valence-electron chi connectivity index (χ4n) is 6.17. The summed E-state index contributed by atoms with van der Waals surface area (Å²) in [5.41, 5.74) is 2.76. The van der Waals surface area contributed by atoms with E-state index in [2.05, 4.69) is 27.8 Å². The lowest BCUT2D eigenvalue weighted by molar-refractivity contribution is 0.0204. The first-order chi connectivity index (χ1) is 17.1. The zero-order valence-corrected chi connectivity index (χ0v) is 21.5. The Labute approximate surface area is 214 Å². The number of hydrogen-bond acceptors (Lipinski definition) is 5. The summed E-state index contributed by atoms with van der Waals surface area (Å²) in [5.74, 6) is 1.00. The normalized spacial score (nSPS) is 23.5. The summed E-state index contributed by atoms with van der Waals surface area (Å²) in [5, 5.41) is 11.1. The predicted octanol–water partition coefficient (Wildman–Crippen LogP) is 4.91. The Hall–Kier alpha value is -2.90. The summed E-state index contributed by atoms with van der Waals surface area (Å²) >= 11 is 6.43. The number of aliphatic hydroxyl groups is 1. The van der Waals surface area contributed by atoms with Gasteiger partial charge in [0.15, 0.2) is 0 Å². The van der Waals surface area contributed by atoms with Gasteiger partial charge in [-0.25, -0.2) is 4.79 Å². The van der Waals surface area contributed by atoms with Gasteiger partial charge in [-0.1, -0.05) is 29.8 Å². The van der Waals surface area contributed by atoms with Crippen molar-refractivity contribution >= 4 is 28.6 Å². The minimum Gasteiger partial charge on any atom is -0.444 e. The topological polar surface area (TPSA) is 84.7 Å². The smallest absolute Gasteiger partial charge is 0.410 e. The highest BCUT2D eigenvalue weighted by Gasteiger charge is 2.54. The number of fused-ring (bicyclic) bond motifs is 7. The van der Waals surface area contributed by atoms with Crippen LogP contribution in [0.25, 0.3) is 16.6 Å². The van der Waals surface area contributed by atoms with E-state index in [1.54, 1.807) is 11.0 Å². The monoisotopic (exact) mass is 507 g/mol. The quantitative estimate of drug-likeness (QED) is 0.506. The molecule has 1 saturated carbocycles. The Balaban J connectivity index is 1.38. The van der Waals surface area contributed by atoms with Crippen LogP contribution in [0.1, 0.15) is 69.3 Å². The summed E-state index contributed by atoms with van der Waals surface area (Å²) < 4.78 is 7.62. The van der Waals surface area contributed by atoms with Gasteiger partial charge in [0.05, 0.1) is 33.1 Å². The number of aromatic nitrogens is 2. The third kappa shape index (κ3) is 3.55. The number of rotatable bonds is 1. The van der Waals surface area contributed by atoms with E-state index in [1.807, 2.05) is 32.9 Å². The molecule has 8 heteroatoms. The van der Waals surface area contributed by atoms with Crippen molar-refractivity contribution in [3.8, 4) is 5.69 Å². The summed E-state index contributed by atoms with van der Waals surface area (Å²) in [4.78, 5) is 31.8. The molecular weight excluding hydrogens is 478 g/mol. The number of amides is 1. The number of likely N-dealkylation sites (tertiary alicyclic amines) is 1. The maximum absolute atomic E-state index is 13.0. The van der Waals surface area contributed by atoms with E-state index in [0.717, 1.165) is 29.6 Å². The van der Waals surface area contributed by atoms with Gasteiger partial charge < -0.3 is 14.7 Å². The van der Waals surface area contributed by atoms with Crippen LogP contribution in [0.5, 0.6) is 0 Å². The highest BCUT2D eigenvalue weighted by Crippen LogP contribution is 2.55. The van der Waals surface area contributed by atoms with Crippen molar-refractivity contribution in [2.24, 2.45) is 0 Å². The zero-order chi connectivity index (χ0) is 25.4. The van der Waals surface area contributed by atoms with Gasteiger partial charge in [0.2, 0.25) is 0 Å². The van der Waals surface area contributed by atoms with E-state index in [1.165, 1.54) is 5.56 Å². The first-order valence-corrected chi connectivity index (χ1v) is 13.0. The number of nitrogens with zero attached hydrogens (tertiary/aromatic N) is 3. The van der Waals surface area contributed by atoms with E-state index in [-0.39, 0.29) is 11.7 Å². The molecule has 0 bridgehead atoms. The molecule has 188 valence electrons. The lowest BCUT2D eigenvalue weighted by Gasteiger charge is -2.42. The van der Waals surface area contributed by atoms with Gasteiger partial charge in [-0.05, 0) is 81.7 Å². The van der Waals surface area contributed by atoms with Crippen LogP contribution in [0.4, 0.5) is 4.79 Å². The molecule has 3 heterocycles. The van der Waals surface area contributed by atoms with Gasteiger partial charge in [0, 0.05) is 13.1 Å². The second-order valence-electron chi connectivity index (χ2n) is 11.4. The van der Waals surface area contributed by atoms with Crippen LogP contribution in [0.2, 0.25) is 5.02 Å². The van der Waals surface area contributed by atoms with Gasteiger partial charge in [0.25, 0.3) is 5.56 Å². The molecule has 0 unspecified atom stereocenters. The van der Waals surface area contributed by atoms with Crippen molar-refractivity contribution in [3.05, 3.63) is 68.7 Å². The van der Waals surface area contributed by atoms with Gasteiger partial charge in [0.1, 0.15) is 11.4 Å². The van der Waals surface area contributed by atoms with Crippen molar-refractivity contribution < 1.29 is 14.6 Å². The van der Waals surface area contributed by atoms with Crippen LogP contribution in [0.3, 0.4) is 0 Å². The summed E-state index contributed by atoms with van der Waals surface area (Å²) in [6.45, 7) is 6.94. The van der Waals surface area contributed by atoms with Crippen LogP contribution >= 0.6 is 11.6 Å². The SMILES string of the molecule is CC(C)(C)OC(=O)N1CCC(c2ccc3c(c2)-n2c(nc(=O)c4c(Cl)cccc42)C32CC(O)C2)CC1. The molecule has 1 aromatic heterocycles. The molecule has 36 heavy (non-hydrogen) atoms. The summed E-state index contributed by atoms with van der Waals surface area (Å²) in [7, 11) is 0. The molecule has 1 aliphatic carbocycles. The largest absolute Gasteiger partial charge is 0.444 e. The maximum Gasteiger partial charge on any atom is 0.410 e. The number of ether oxygens (including phenoxy) is 1. The van der Waals surface area contributed by atoms with Gasteiger partial charge in [-0.3, -0.25) is 9.36 Å². The molecule has 0 radical (unpaired) electrons. The minimum atomic E-state index is -0.507. The Bertz CT molecular complexity index is 1440. The molecule has 2 aliphatic heterocycles. The lowest BCUT2D eigenvalue weighted by Crippen LogP contribution is -2.45. The van der Waals surface area contributed by atoms with Crippen molar-refractivity contribution in [2.45, 2.75) is 69.5 Å². The average molecular weight is 508 g/mol. The third-order valence-electron chi connectivity index (χ3n) is 7.86. The van der Waals surface area contributed by atoms with E-state index in [0.29, 0.717) is 48.1 Å². The number of aliphatic hydroxyl groups excluding tert-OH is 1. The average Bonchev–Trinajstić information content (AvgIpc) is 3.08. The van der Waals surface area contributed by atoms with Crippen molar-refractivity contribution in [3.63, 3.8) is 0 Å². The molecule has 2 fully saturated rings. The minimum absolute atomic E-state index is 0.257. The lowest BCUT2D eigenvalue weighted by atomic mass is 9.63. The Morgan fingerprint density at radius 2 is 1.89 bits per heavy atom. The Morgan fingerprint density at radius 3 is 2.56 bits per heavy atom. The highest BCUT2D eigenvalue weighted by molar-refractivity contribution is 6.35. The zero-order valence-electron chi connectivity index (χ0n) is 20.8. The molecule has 3 aromatic rings. The van der Waals surface area contributed by atoms with Crippen LogP contribution in [0, 0.1) is 0 Å². The number of hydrogen-bond donors (Lipinski definition) is 1. The number of carbonyl (C=O) groups excluding carboxylic acids is 1. The standard InChI is InChI=1S/C28H30ClN3O4/c1-27(2,3)36-26(35)31-11-9-16(10-12-31)17-7-8-19-22(13-17)32-21-6-4-5-20(29)23(21)24(34)30-25(32)28(19)14-18(33)15-28/h4-8,13,16,18,33H,9-12,14-15H2,1-3H3. The van der Waals surface area contributed by atoms with Crippen molar-refractivity contribution in [1.29, 1.82) is 0 Å². The van der Waals surface area contributed by atoms with Crippen molar-refractivity contribution in [2.75, 3.05) is 13.1 Å². The number of halogens is 1. The number of benzene rings is 2. The fraction of sp³-hybridized carbons (Fsp3) is 0.464. The predicted molar refractivity (Wildman–Crippen MR) is 138 cm³/mol. The number of piperidine rings is 1. The molecule has 3 aliphatic rings. The Kier molecular flexibility index (Phi) is 5.25. The summed E-state index contributed by atoms with van der Waals surface area (Å²) in [6, 6.07) is 12.0. The van der Waals surface area contributed by atoms with Crippen LogP contribution in [-0.2, 0) is 10.2 Å². The molecule has 6 rings (SSSR count). The van der Waals surface area contributed by atoms with Crippen LogP contribution in [0.15, 0.2) is 41.2 Å². The van der Waals surface area contributed by atoms with Gasteiger partial charge in [-0.15, -0.1) is 0 Å². The molecule has 1 N–H and O–H groups in total. The highest BCUT2D eigenvalue weighted by atomic mass is 35.5. The second-order valence-corrected chi connectivity index (χ2v) is 11.8. The first kappa shape index (κ1) is 23.5. The molecule has 1 spiro atoms. The molecular formula is C28H30ClN3O4. The first-order valence-electron chi connectivity index (χ1n) is 12.6. The third-order valence-corrected chi connectivity index (χ3v) is 8.17. The Morgan fingerprint density at radius 1 is 1.17 bits per heavy atom. The van der Waals surface area contributed by atoms with Gasteiger partial charge >= 0.3 is 6.09 Å².